The standard InChI is InChI=1S/C21H30N4O2S2/c1-13(2)8-18-22-16(11-28-18)20(26)24-6-7-25(15(5)10-24)21(27)17-12-29-19(23-17)9-14(3)4/h11-15H,6-10H2,1-5H3/t15-/m0/s1. The van der Waals surface area contributed by atoms with Crippen LogP contribution >= 0.6 is 22.7 Å². The molecule has 0 bridgehead atoms. The summed E-state index contributed by atoms with van der Waals surface area (Å²) < 4.78 is 0. The summed E-state index contributed by atoms with van der Waals surface area (Å²) in [6.45, 7) is 12.1. The van der Waals surface area contributed by atoms with E-state index in [2.05, 4.69) is 37.7 Å². The average Bonchev–Trinajstić information content (AvgIpc) is 3.29. The zero-order chi connectivity index (χ0) is 21.1. The quantitative estimate of drug-likeness (QED) is 0.690. The van der Waals surface area contributed by atoms with E-state index >= 15 is 0 Å². The normalized spacial score (nSPS) is 17.4. The SMILES string of the molecule is CC(C)Cc1nc(C(=O)N2CCN(C(=O)c3csc(CC(C)C)n3)[C@@H](C)C2)cs1. The fourth-order valence-electron chi connectivity index (χ4n) is 3.46. The van der Waals surface area contributed by atoms with E-state index in [1.165, 1.54) is 0 Å². The molecule has 2 aromatic heterocycles. The molecule has 0 saturated carbocycles. The molecule has 1 aliphatic heterocycles. The molecular weight excluding hydrogens is 404 g/mol. The van der Waals surface area contributed by atoms with Crippen molar-refractivity contribution in [1.82, 2.24) is 19.8 Å². The highest BCUT2D eigenvalue weighted by Crippen LogP contribution is 2.21. The first-order chi connectivity index (χ1) is 13.7. The Morgan fingerprint density at radius 3 is 1.97 bits per heavy atom. The molecule has 2 amide bonds. The molecule has 0 aromatic carbocycles. The van der Waals surface area contributed by atoms with Gasteiger partial charge < -0.3 is 9.80 Å². The minimum absolute atomic E-state index is 0.0382. The lowest BCUT2D eigenvalue weighted by Gasteiger charge is -2.39. The van der Waals surface area contributed by atoms with E-state index in [-0.39, 0.29) is 17.9 Å². The van der Waals surface area contributed by atoms with Gasteiger partial charge in [-0.2, -0.15) is 0 Å². The molecule has 0 unspecified atom stereocenters. The number of hydrogen-bond acceptors (Lipinski definition) is 6. The van der Waals surface area contributed by atoms with Crippen molar-refractivity contribution in [3.05, 3.63) is 32.2 Å². The fourth-order valence-corrected chi connectivity index (χ4v) is 5.42. The van der Waals surface area contributed by atoms with Crippen LogP contribution < -0.4 is 0 Å². The largest absolute Gasteiger partial charge is 0.333 e. The predicted octanol–water partition coefficient (Wildman–Crippen LogP) is 3.98. The van der Waals surface area contributed by atoms with Crippen molar-refractivity contribution >= 4 is 34.5 Å². The van der Waals surface area contributed by atoms with Gasteiger partial charge in [0.1, 0.15) is 11.4 Å². The van der Waals surface area contributed by atoms with Crippen molar-refractivity contribution < 1.29 is 9.59 Å². The lowest BCUT2D eigenvalue weighted by molar-refractivity contribution is 0.0409. The van der Waals surface area contributed by atoms with Gasteiger partial charge in [0, 0.05) is 49.3 Å². The molecule has 3 heterocycles. The van der Waals surface area contributed by atoms with Crippen LogP contribution in [0.1, 0.15) is 65.6 Å². The minimum atomic E-state index is -0.0516. The molecule has 6 nitrogen and oxygen atoms in total. The zero-order valence-corrected chi connectivity index (χ0v) is 19.5. The molecule has 0 radical (unpaired) electrons. The number of nitrogens with zero attached hydrogens (tertiary/aromatic N) is 4. The highest BCUT2D eigenvalue weighted by Gasteiger charge is 2.32. The van der Waals surface area contributed by atoms with E-state index < -0.39 is 0 Å². The molecule has 0 N–H and O–H groups in total. The predicted molar refractivity (Wildman–Crippen MR) is 118 cm³/mol. The number of thiazole rings is 2. The molecule has 158 valence electrons. The zero-order valence-electron chi connectivity index (χ0n) is 17.8. The lowest BCUT2D eigenvalue weighted by atomic mass is 10.1. The molecule has 1 fully saturated rings. The Labute approximate surface area is 181 Å². The van der Waals surface area contributed by atoms with E-state index in [1.807, 2.05) is 27.5 Å². The van der Waals surface area contributed by atoms with Gasteiger partial charge in [-0.25, -0.2) is 9.97 Å². The Morgan fingerprint density at radius 1 is 0.966 bits per heavy atom. The van der Waals surface area contributed by atoms with Crippen LogP contribution in [0.3, 0.4) is 0 Å². The second kappa shape index (κ2) is 9.34. The molecule has 8 heteroatoms. The van der Waals surface area contributed by atoms with E-state index in [1.54, 1.807) is 22.7 Å². The van der Waals surface area contributed by atoms with Crippen LogP contribution in [-0.4, -0.2) is 57.3 Å². The Hall–Kier alpha value is -1.80. The third-order valence-electron chi connectivity index (χ3n) is 4.88. The van der Waals surface area contributed by atoms with Gasteiger partial charge in [0.25, 0.3) is 11.8 Å². The van der Waals surface area contributed by atoms with Gasteiger partial charge in [-0.1, -0.05) is 27.7 Å². The van der Waals surface area contributed by atoms with Gasteiger partial charge in [-0.05, 0) is 18.8 Å². The van der Waals surface area contributed by atoms with Gasteiger partial charge in [-0.3, -0.25) is 9.59 Å². The van der Waals surface area contributed by atoms with Gasteiger partial charge in [-0.15, -0.1) is 22.7 Å². The van der Waals surface area contributed by atoms with Crippen LogP contribution in [-0.2, 0) is 12.8 Å². The van der Waals surface area contributed by atoms with Crippen LogP contribution in [0.4, 0.5) is 0 Å². The maximum atomic E-state index is 12.9. The lowest BCUT2D eigenvalue weighted by Crippen LogP contribution is -2.55. The maximum absolute atomic E-state index is 12.9. The first-order valence-corrected chi connectivity index (χ1v) is 12.0. The van der Waals surface area contributed by atoms with Gasteiger partial charge in [0.2, 0.25) is 0 Å². The highest BCUT2D eigenvalue weighted by molar-refractivity contribution is 7.10. The summed E-state index contributed by atoms with van der Waals surface area (Å²) in [5, 5.41) is 5.72. The number of rotatable bonds is 6. The number of hydrogen-bond donors (Lipinski definition) is 0. The fraction of sp³-hybridized carbons (Fsp3) is 0.619. The van der Waals surface area contributed by atoms with Crippen molar-refractivity contribution in [3.8, 4) is 0 Å². The third kappa shape index (κ3) is 5.42. The van der Waals surface area contributed by atoms with Gasteiger partial charge in [0.05, 0.1) is 10.0 Å². The van der Waals surface area contributed by atoms with E-state index in [0.717, 1.165) is 22.9 Å². The van der Waals surface area contributed by atoms with Crippen LogP contribution in [0.2, 0.25) is 0 Å². The number of carbonyl (C=O) groups excluding carboxylic acids is 2. The Bertz CT molecular complexity index is 858. The number of aromatic nitrogens is 2. The molecule has 1 saturated heterocycles. The summed E-state index contributed by atoms with van der Waals surface area (Å²) in [6, 6.07) is -0.0516. The Balaban J connectivity index is 1.61. The van der Waals surface area contributed by atoms with Crippen molar-refractivity contribution in [2.45, 2.75) is 53.5 Å². The van der Waals surface area contributed by atoms with E-state index in [0.29, 0.717) is 42.9 Å². The second-order valence-electron chi connectivity index (χ2n) is 8.55. The summed E-state index contributed by atoms with van der Waals surface area (Å²) in [5.74, 6) is 0.960. The summed E-state index contributed by atoms with van der Waals surface area (Å²) in [5.41, 5.74) is 1.05. The molecule has 3 rings (SSSR count). The van der Waals surface area contributed by atoms with Gasteiger partial charge >= 0.3 is 0 Å². The van der Waals surface area contributed by atoms with Crippen molar-refractivity contribution in [2.24, 2.45) is 11.8 Å². The first-order valence-electron chi connectivity index (χ1n) is 10.2. The van der Waals surface area contributed by atoms with E-state index in [9.17, 15) is 9.59 Å². The Morgan fingerprint density at radius 2 is 1.48 bits per heavy atom. The maximum Gasteiger partial charge on any atom is 0.273 e. The summed E-state index contributed by atoms with van der Waals surface area (Å²) in [6.07, 6.45) is 1.78. The molecule has 2 aromatic rings. The third-order valence-corrected chi connectivity index (χ3v) is 6.63. The number of carbonyl (C=O) groups is 2. The van der Waals surface area contributed by atoms with Crippen LogP contribution in [0, 0.1) is 11.8 Å². The average molecular weight is 435 g/mol. The first kappa shape index (κ1) is 21.9. The van der Waals surface area contributed by atoms with Crippen molar-refractivity contribution in [3.63, 3.8) is 0 Å². The number of piperazine rings is 1. The van der Waals surface area contributed by atoms with Gasteiger partial charge in [0.15, 0.2) is 0 Å². The van der Waals surface area contributed by atoms with Crippen molar-refractivity contribution in [2.75, 3.05) is 19.6 Å². The summed E-state index contributed by atoms with van der Waals surface area (Å²) >= 11 is 3.10. The second-order valence-corrected chi connectivity index (χ2v) is 10.4. The minimum Gasteiger partial charge on any atom is -0.333 e. The van der Waals surface area contributed by atoms with E-state index in [4.69, 9.17) is 0 Å². The number of amides is 2. The molecule has 0 aliphatic carbocycles. The van der Waals surface area contributed by atoms with Crippen molar-refractivity contribution in [1.29, 1.82) is 0 Å². The smallest absolute Gasteiger partial charge is 0.273 e. The molecule has 1 atom stereocenters. The molecule has 0 spiro atoms. The van der Waals surface area contributed by atoms with Crippen LogP contribution in [0.5, 0.6) is 0 Å². The molecule has 1 aliphatic rings. The monoisotopic (exact) mass is 434 g/mol. The van der Waals surface area contributed by atoms with Crippen LogP contribution in [0.25, 0.3) is 0 Å². The summed E-state index contributed by atoms with van der Waals surface area (Å²) in [4.78, 5) is 38.5. The van der Waals surface area contributed by atoms with Crippen LogP contribution in [0.15, 0.2) is 10.8 Å². The highest BCUT2D eigenvalue weighted by atomic mass is 32.1. The molecular formula is C21H30N4O2S2. The Kier molecular flexibility index (Phi) is 7.05. The molecule has 29 heavy (non-hydrogen) atoms. The summed E-state index contributed by atoms with van der Waals surface area (Å²) in [7, 11) is 0. The topological polar surface area (TPSA) is 66.4 Å².